The van der Waals surface area contributed by atoms with E-state index in [9.17, 15) is 5.11 Å². The van der Waals surface area contributed by atoms with Gasteiger partial charge >= 0.3 is 0 Å². The first kappa shape index (κ1) is 16.3. The minimum Gasteiger partial charge on any atom is -0.496 e. The topological polar surface area (TPSA) is 42.4 Å². The van der Waals surface area contributed by atoms with Gasteiger partial charge in [0, 0.05) is 29.4 Å². The highest BCUT2D eigenvalue weighted by molar-refractivity contribution is 5.41. The predicted octanol–water partition coefficient (Wildman–Crippen LogP) is 3.83. The Hall–Kier alpha value is -1.09. The summed E-state index contributed by atoms with van der Waals surface area (Å²) in [5.41, 5.74) is 2.50. The van der Waals surface area contributed by atoms with Crippen LogP contribution in [-0.4, -0.2) is 22.8 Å². The Balaban J connectivity index is 2.12. The summed E-state index contributed by atoms with van der Waals surface area (Å²) in [6, 6.07) is 0. The smallest absolute Gasteiger partial charge is 0.128 e. The molecule has 3 heteroatoms. The normalized spacial score (nSPS) is 26.1. The Morgan fingerprint density at radius 2 is 1.95 bits per heavy atom. The van der Waals surface area contributed by atoms with Crippen LogP contribution in [0.3, 0.4) is 0 Å². The zero-order chi connectivity index (χ0) is 15.6. The van der Waals surface area contributed by atoms with Crippen molar-refractivity contribution in [3.05, 3.63) is 23.0 Å². The lowest BCUT2D eigenvalue weighted by Gasteiger charge is -2.37. The predicted molar refractivity (Wildman–Crippen MR) is 85.7 cm³/mol. The molecule has 0 saturated heterocycles. The van der Waals surface area contributed by atoms with Gasteiger partial charge in [0.2, 0.25) is 0 Å². The van der Waals surface area contributed by atoms with E-state index >= 15 is 0 Å². The maximum absolute atomic E-state index is 10.9. The molecule has 1 aliphatic carbocycles. The van der Waals surface area contributed by atoms with Crippen LogP contribution in [0, 0.1) is 25.7 Å². The van der Waals surface area contributed by atoms with Crippen LogP contribution in [0.25, 0.3) is 0 Å². The second-order valence-electron chi connectivity index (χ2n) is 7.03. The molecule has 1 aliphatic rings. The van der Waals surface area contributed by atoms with E-state index < -0.39 is 5.60 Å². The van der Waals surface area contributed by atoms with Crippen molar-refractivity contribution >= 4 is 0 Å². The van der Waals surface area contributed by atoms with Gasteiger partial charge in [0.05, 0.1) is 12.7 Å². The maximum Gasteiger partial charge on any atom is 0.128 e. The molecule has 0 unspecified atom stereocenters. The third kappa shape index (κ3) is 3.57. The van der Waals surface area contributed by atoms with Crippen LogP contribution in [0.15, 0.2) is 6.20 Å². The van der Waals surface area contributed by atoms with E-state index in [4.69, 9.17) is 4.74 Å². The lowest BCUT2D eigenvalue weighted by molar-refractivity contribution is -0.0155. The average molecular weight is 291 g/mol. The molecule has 1 aromatic heterocycles. The maximum atomic E-state index is 10.9. The van der Waals surface area contributed by atoms with Gasteiger partial charge in [0.15, 0.2) is 0 Å². The minimum absolute atomic E-state index is 0.594. The van der Waals surface area contributed by atoms with Crippen molar-refractivity contribution in [2.24, 2.45) is 11.8 Å². The molecule has 0 amide bonds. The zero-order valence-corrected chi connectivity index (χ0v) is 14.1. The Labute approximate surface area is 128 Å². The number of rotatable bonds is 4. The van der Waals surface area contributed by atoms with Gasteiger partial charge in [-0.15, -0.1) is 0 Å². The average Bonchev–Trinajstić information content (AvgIpc) is 2.43. The molecule has 21 heavy (non-hydrogen) atoms. The molecule has 1 saturated carbocycles. The Morgan fingerprint density at radius 3 is 2.48 bits per heavy atom. The third-order valence-electron chi connectivity index (χ3n) is 5.15. The first-order chi connectivity index (χ1) is 9.86. The molecule has 3 nitrogen and oxygen atoms in total. The molecule has 0 bridgehead atoms. The monoisotopic (exact) mass is 291 g/mol. The summed E-state index contributed by atoms with van der Waals surface area (Å²) in [5.74, 6) is 2.38. The molecule has 0 aliphatic heterocycles. The first-order valence-corrected chi connectivity index (χ1v) is 8.08. The van der Waals surface area contributed by atoms with Crippen LogP contribution in [-0.2, 0) is 6.42 Å². The Morgan fingerprint density at radius 1 is 1.33 bits per heavy atom. The molecule has 2 rings (SSSR count). The van der Waals surface area contributed by atoms with Crippen molar-refractivity contribution in [2.45, 2.75) is 65.4 Å². The van der Waals surface area contributed by atoms with Crippen molar-refractivity contribution in [1.29, 1.82) is 0 Å². The van der Waals surface area contributed by atoms with Gasteiger partial charge in [-0.3, -0.25) is 4.98 Å². The Bertz CT molecular complexity index is 488. The number of pyridine rings is 1. The van der Waals surface area contributed by atoms with E-state index in [1.807, 2.05) is 20.0 Å². The summed E-state index contributed by atoms with van der Waals surface area (Å²) in [5, 5.41) is 10.9. The van der Waals surface area contributed by atoms with Gasteiger partial charge in [-0.25, -0.2) is 0 Å². The molecule has 0 atom stereocenters. The lowest BCUT2D eigenvalue weighted by Crippen LogP contribution is -2.37. The van der Waals surface area contributed by atoms with Crippen LogP contribution < -0.4 is 4.74 Å². The second kappa shape index (κ2) is 6.35. The fraction of sp³-hybridized carbons (Fsp3) is 0.722. The van der Waals surface area contributed by atoms with Crippen molar-refractivity contribution in [2.75, 3.05) is 7.11 Å². The summed E-state index contributed by atoms with van der Waals surface area (Å²) in [4.78, 5) is 4.54. The van der Waals surface area contributed by atoms with Crippen LogP contribution >= 0.6 is 0 Å². The molecule has 1 fully saturated rings. The minimum atomic E-state index is -0.594. The van der Waals surface area contributed by atoms with E-state index in [0.29, 0.717) is 12.3 Å². The quantitative estimate of drug-likeness (QED) is 0.917. The van der Waals surface area contributed by atoms with Gasteiger partial charge in [0.1, 0.15) is 5.75 Å². The molecule has 0 aromatic carbocycles. The molecule has 1 heterocycles. The molecular weight excluding hydrogens is 262 g/mol. The standard InChI is InChI=1S/C18H29NO2/c1-12(2)15-6-8-18(20,9-7-15)10-16-14(4)17(21-5)13(3)11-19-16/h11-12,15,20H,6-10H2,1-5H3. The molecule has 1 N–H and O–H groups in total. The van der Waals surface area contributed by atoms with Gasteiger partial charge in [-0.05, 0) is 51.4 Å². The van der Waals surface area contributed by atoms with Crippen LogP contribution in [0.5, 0.6) is 5.75 Å². The highest BCUT2D eigenvalue weighted by Crippen LogP contribution is 2.38. The van der Waals surface area contributed by atoms with Gasteiger partial charge in [-0.1, -0.05) is 13.8 Å². The van der Waals surface area contributed by atoms with Crippen LogP contribution in [0.2, 0.25) is 0 Å². The SMILES string of the molecule is COc1c(C)cnc(CC2(O)CCC(C(C)C)CC2)c1C. The Kier molecular flexibility index (Phi) is 4.92. The van der Waals surface area contributed by atoms with E-state index in [1.54, 1.807) is 7.11 Å². The summed E-state index contributed by atoms with van der Waals surface area (Å²) in [7, 11) is 1.70. The van der Waals surface area contributed by atoms with Crippen molar-refractivity contribution in [3.63, 3.8) is 0 Å². The fourth-order valence-corrected chi connectivity index (χ4v) is 3.58. The van der Waals surface area contributed by atoms with Crippen molar-refractivity contribution in [3.8, 4) is 5.75 Å². The first-order valence-electron chi connectivity index (χ1n) is 8.08. The highest BCUT2D eigenvalue weighted by atomic mass is 16.5. The fourth-order valence-electron chi connectivity index (χ4n) is 3.58. The van der Waals surface area contributed by atoms with Gasteiger partial charge < -0.3 is 9.84 Å². The number of methoxy groups -OCH3 is 1. The zero-order valence-electron chi connectivity index (χ0n) is 14.1. The molecule has 118 valence electrons. The largest absolute Gasteiger partial charge is 0.496 e. The number of aromatic nitrogens is 1. The van der Waals surface area contributed by atoms with E-state index in [0.717, 1.165) is 54.2 Å². The number of hydrogen-bond acceptors (Lipinski definition) is 3. The summed E-state index contributed by atoms with van der Waals surface area (Å²) >= 11 is 0. The number of hydrogen-bond donors (Lipinski definition) is 1. The molecule has 0 radical (unpaired) electrons. The van der Waals surface area contributed by atoms with E-state index in [-0.39, 0.29) is 0 Å². The summed E-state index contributed by atoms with van der Waals surface area (Å²) in [6.07, 6.45) is 6.50. The van der Waals surface area contributed by atoms with E-state index in [2.05, 4.69) is 18.8 Å². The molecule has 0 spiro atoms. The summed E-state index contributed by atoms with van der Waals surface area (Å²) < 4.78 is 5.47. The van der Waals surface area contributed by atoms with Crippen molar-refractivity contribution in [1.82, 2.24) is 4.98 Å². The lowest BCUT2D eigenvalue weighted by atomic mass is 9.73. The highest BCUT2D eigenvalue weighted by Gasteiger charge is 2.35. The number of aliphatic hydroxyl groups is 1. The number of nitrogens with zero attached hydrogens (tertiary/aromatic N) is 1. The number of aryl methyl sites for hydroxylation is 1. The van der Waals surface area contributed by atoms with Gasteiger partial charge in [0.25, 0.3) is 0 Å². The summed E-state index contributed by atoms with van der Waals surface area (Å²) in [6.45, 7) is 8.61. The van der Waals surface area contributed by atoms with Crippen LogP contribution in [0.4, 0.5) is 0 Å². The van der Waals surface area contributed by atoms with E-state index in [1.165, 1.54) is 0 Å². The molecule has 1 aromatic rings. The number of ether oxygens (including phenoxy) is 1. The van der Waals surface area contributed by atoms with Gasteiger partial charge in [-0.2, -0.15) is 0 Å². The van der Waals surface area contributed by atoms with Crippen molar-refractivity contribution < 1.29 is 9.84 Å². The molecular formula is C18H29NO2. The third-order valence-corrected chi connectivity index (χ3v) is 5.15. The van der Waals surface area contributed by atoms with Crippen LogP contribution in [0.1, 0.15) is 56.4 Å². The second-order valence-corrected chi connectivity index (χ2v) is 7.03.